The van der Waals surface area contributed by atoms with E-state index in [1.165, 1.54) is 0 Å². The van der Waals surface area contributed by atoms with Crippen LogP contribution in [-0.2, 0) is 0 Å². The molecule has 1 aromatic rings. The summed E-state index contributed by atoms with van der Waals surface area (Å²) >= 11 is 3.22. The van der Waals surface area contributed by atoms with Gasteiger partial charge in [0.25, 0.3) is 0 Å². The monoisotopic (exact) mass is 323 g/mol. The molecule has 1 aliphatic rings. The highest BCUT2D eigenvalue weighted by Gasteiger charge is 2.41. The Morgan fingerprint density at radius 1 is 1.22 bits per heavy atom. The first-order chi connectivity index (χ1) is 8.45. The van der Waals surface area contributed by atoms with Gasteiger partial charge in [-0.05, 0) is 47.7 Å². The molecule has 0 bridgehead atoms. The fourth-order valence-corrected chi connectivity index (χ4v) is 2.44. The van der Waals surface area contributed by atoms with Crippen LogP contribution >= 0.6 is 15.9 Å². The third kappa shape index (κ3) is 3.57. The summed E-state index contributed by atoms with van der Waals surface area (Å²) < 4.78 is 38.1. The smallest absolute Gasteiger partial charge is 0.351 e. The van der Waals surface area contributed by atoms with Crippen molar-refractivity contribution < 1.29 is 13.2 Å². The molecule has 0 atom stereocenters. The van der Waals surface area contributed by atoms with E-state index in [1.807, 2.05) is 0 Å². The number of alkyl halides is 3. The van der Waals surface area contributed by atoms with E-state index >= 15 is 0 Å². The van der Waals surface area contributed by atoms with Crippen molar-refractivity contribution in [2.45, 2.75) is 37.9 Å². The molecule has 1 fully saturated rings. The van der Waals surface area contributed by atoms with Gasteiger partial charge < -0.3 is 5.32 Å². The van der Waals surface area contributed by atoms with Gasteiger partial charge in [-0.1, -0.05) is 0 Å². The van der Waals surface area contributed by atoms with Crippen LogP contribution in [0.3, 0.4) is 0 Å². The Kier molecular flexibility index (Phi) is 4.09. The number of hydrogen-bond donors (Lipinski definition) is 1. The number of nitrogens with one attached hydrogen (secondary N) is 1. The molecule has 0 aliphatic heterocycles. The van der Waals surface area contributed by atoms with E-state index in [4.69, 9.17) is 0 Å². The lowest BCUT2D eigenvalue weighted by Crippen LogP contribution is -2.33. The maximum atomic E-state index is 12.5. The molecule has 1 aliphatic carbocycles. The molecule has 7 heteroatoms. The minimum absolute atomic E-state index is 0.0258. The second kappa shape index (κ2) is 5.42. The summed E-state index contributed by atoms with van der Waals surface area (Å²) in [6.07, 6.45) is -1.11. The van der Waals surface area contributed by atoms with Crippen LogP contribution in [0.4, 0.5) is 19.1 Å². The van der Waals surface area contributed by atoms with Crippen molar-refractivity contribution in [1.82, 2.24) is 9.97 Å². The van der Waals surface area contributed by atoms with Gasteiger partial charge in [-0.25, -0.2) is 9.97 Å². The number of hydrogen-bond acceptors (Lipinski definition) is 3. The standard InChI is InChI=1S/C11H13BrF3N3/c12-9-5-6-16-10(18-9)17-8-3-1-7(2-4-8)11(13,14)15/h5-8H,1-4H2,(H,16,17,18). The molecule has 2 rings (SSSR count). The molecule has 0 spiro atoms. The zero-order chi connectivity index (χ0) is 13.2. The Morgan fingerprint density at radius 3 is 2.44 bits per heavy atom. The van der Waals surface area contributed by atoms with Crippen LogP contribution < -0.4 is 5.32 Å². The molecule has 0 saturated heterocycles. The van der Waals surface area contributed by atoms with E-state index in [0.29, 0.717) is 23.4 Å². The third-order valence-corrected chi connectivity index (χ3v) is 3.59. The molecular formula is C11H13BrF3N3. The third-order valence-electron chi connectivity index (χ3n) is 3.14. The first-order valence-electron chi connectivity index (χ1n) is 5.77. The minimum Gasteiger partial charge on any atom is -0.351 e. The highest BCUT2D eigenvalue weighted by molar-refractivity contribution is 9.10. The molecular weight excluding hydrogens is 311 g/mol. The second-order valence-corrected chi connectivity index (χ2v) is 5.25. The van der Waals surface area contributed by atoms with Crippen molar-refractivity contribution in [3.63, 3.8) is 0 Å². The van der Waals surface area contributed by atoms with Crippen LogP contribution in [0.15, 0.2) is 16.9 Å². The number of rotatable bonds is 2. The topological polar surface area (TPSA) is 37.8 Å². The van der Waals surface area contributed by atoms with Crippen LogP contribution in [-0.4, -0.2) is 22.2 Å². The van der Waals surface area contributed by atoms with Gasteiger partial charge >= 0.3 is 6.18 Å². The lowest BCUT2D eigenvalue weighted by Gasteiger charge is -2.30. The van der Waals surface area contributed by atoms with Crippen molar-refractivity contribution in [2.75, 3.05) is 5.32 Å². The Labute approximate surface area is 111 Å². The molecule has 1 heterocycles. The second-order valence-electron chi connectivity index (χ2n) is 4.44. The lowest BCUT2D eigenvalue weighted by molar-refractivity contribution is -0.182. The highest BCUT2D eigenvalue weighted by atomic mass is 79.9. The Hall–Kier alpha value is -0.850. The maximum absolute atomic E-state index is 12.5. The summed E-state index contributed by atoms with van der Waals surface area (Å²) in [5.41, 5.74) is 0. The maximum Gasteiger partial charge on any atom is 0.391 e. The molecule has 0 unspecified atom stereocenters. The van der Waals surface area contributed by atoms with E-state index in [9.17, 15) is 13.2 Å². The molecule has 18 heavy (non-hydrogen) atoms. The summed E-state index contributed by atoms with van der Waals surface area (Å²) in [4.78, 5) is 8.13. The molecule has 1 N–H and O–H groups in total. The van der Waals surface area contributed by atoms with Gasteiger partial charge in [-0.15, -0.1) is 0 Å². The average Bonchev–Trinajstić information content (AvgIpc) is 2.28. The van der Waals surface area contributed by atoms with Gasteiger partial charge in [-0.3, -0.25) is 0 Å². The van der Waals surface area contributed by atoms with Crippen LogP contribution in [0.2, 0.25) is 0 Å². The molecule has 1 saturated carbocycles. The fraction of sp³-hybridized carbons (Fsp3) is 0.636. The van der Waals surface area contributed by atoms with E-state index in [1.54, 1.807) is 12.3 Å². The van der Waals surface area contributed by atoms with Crippen LogP contribution in [0.5, 0.6) is 0 Å². The molecule has 0 radical (unpaired) electrons. The summed E-state index contributed by atoms with van der Waals surface area (Å²) in [5.74, 6) is -0.696. The lowest BCUT2D eigenvalue weighted by atomic mass is 9.86. The Balaban J connectivity index is 1.87. The first-order valence-corrected chi connectivity index (χ1v) is 6.56. The first kappa shape index (κ1) is 13.6. The van der Waals surface area contributed by atoms with E-state index in [2.05, 4.69) is 31.2 Å². The molecule has 0 amide bonds. The summed E-state index contributed by atoms with van der Waals surface area (Å²) in [7, 11) is 0. The molecule has 3 nitrogen and oxygen atoms in total. The fourth-order valence-electron chi connectivity index (χ4n) is 2.15. The summed E-state index contributed by atoms with van der Waals surface area (Å²) in [6.45, 7) is 0. The van der Waals surface area contributed by atoms with E-state index in [0.717, 1.165) is 0 Å². The average molecular weight is 324 g/mol. The number of nitrogens with zero attached hydrogens (tertiary/aromatic N) is 2. The van der Waals surface area contributed by atoms with E-state index < -0.39 is 12.1 Å². The van der Waals surface area contributed by atoms with Crippen molar-refractivity contribution >= 4 is 21.9 Å². The number of halogens is 4. The van der Waals surface area contributed by atoms with Gasteiger partial charge in [-0.2, -0.15) is 13.2 Å². The summed E-state index contributed by atoms with van der Waals surface area (Å²) in [5, 5.41) is 3.07. The van der Waals surface area contributed by atoms with Crippen LogP contribution in [0.1, 0.15) is 25.7 Å². The normalized spacial score (nSPS) is 24.9. The Bertz CT molecular complexity index is 403. The van der Waals surface area contributed by atoms with Crippen LogP contribution in [0.25, 0.3) is 0 Å². The Morgan fingerprint density at radius 2 is 1.89 bits per heavy atom. The predicted octanol–water partition coefficient (Wildman–Crippen LogP) is 3.77. The van der Waals surface area contributed by atoms with Crippen molar-refractivity contribution in [3.05, 3.63) is 16.9 Å². The van der Waals surface area contributed by atoms with Gasteiger partial charge in [0.05, 0.1) is 5.92 Å². The molecule has 100 valence electrons. The minimum atomic E-state index is -4.06. The van der Waals surface area contributed by atoms with Gasteiger partial charge in [0.1, 0.15) is 4.60 Å². The van der Waals surface area contributed by atoms with E-state index in [-0.39, 0.29) is 18.9 Å². The largest absolute Gasteiger partial charge is 0.391 e. The number of anilines is 1. The van der Waals surface area contributed by atoms with Gasteiger partial charge in [0, 0.05) is 12.2 Å². The molecule has 0 aromatic carbocycles. The molecule has 1 aromatic heterocycles. The zero-order valence-electron chi connectivity index (χ0n) is 9.54. The predicted molar refractivity (Wildman–Crippen MR) is 65.2 cm³/mol. The number of aromatic nitrogens is 2. The van der Waals surface area contributed by atoms with Gasteiger partial charge in [0.2, 0.25) is 5.95 Å². The zero-order valence-corrected chi connectivity index (χ0v) is 11.1. The highest BCUT2D eigenvalue weighted by Crippen LogP contribution is 2.37. The SMILES string of the molecule is FC(F)(F)C1CCC(Nc2nccc(Br)n2)CC1. The van der Waals surface area contributed by atoms with Crippen molar-refractivity contribution in [3.8, 4) is 0 Å². The van der Waals surface area contributed by atoms with Crippen LogP contribution in [0, 0.1) is 5.92 Å². The van der Waals surface area contributed by atoms with Gasteiger partial charge in [0.15, 0.2) is 0 Å². The quantitative estimate of drug-likeness (QED) is 0.842. The van der Waals surface area contributed by atoms with Crippen molar-refractivity contribution in [2.24, 2.45) is 5.92 Å². The van der Waals surface area contributed by atoms with Crippen molar-refractivity contribution in [1.29, 1.82) is 0 Å². The summed E-state index contributed by atoms with van der Waals surface area (Å²) in [6, 6.07) is 1.73.